The number of amides is 1. The molecule has 0 heterocycles. The van der Waals surface area contributed by atoms with Crippen molar-refractivity contribution in [2.24, 2.45) is 0 Å². The molecule has 25 heavy (non-hydrogen) atoms. The van der Waals surface area contributed by atoms with Crippen molar-refractivity contribution in [3.05, 3.63) is 29.8 Å². The Balaban J connectivity index is 1.94. The summed E-state index contributed by atoms with van der Waals surface area (Å²) >= 11 is 0. The van der Waals surface area contributed by atoms with Gasteiger partial charge in [-0.1, -0.05) is 38.2 Å². The predicted octanol–water partition coefficient (Wildman–Crippen LogP) is 4.54. The molecule has 1 aliphatic rings. The molecule has 0 aromatic heterocycles. The topological polar surface area (TPSA) is 47.6 Å². The molecule has 1 saturated carbocycles. The Labute approximate surface area is 147 Å². The van der Waals surface area contributed by atoms with Crippen LogP contribution in [0.4, 0.5) is 8.78 Å². The molecule has 0 aliphatic heterocycles. The lowest BCUT2D eigenvalue weighted by atomic mass is 9.97. The molecule has 1 amide bonds. The van der Waals surface area contributed by atoms with Gasteiger partial charge >= 0.3 is 6.61 Å². The number of rotatable bonds is 6. The zero-order valence-corrected chi connectivity index (χ0v) is 14.5. The summed E-state index contributed by atoms with van der Waals surface area (Å²) in [6.45, 7) is -2.91. The number of hydrogen-bond acceptors (Lipinski definition) is 3. The third-order valence-electron chi connectivity index (χ3n) is 4.28. The maximum absolute atomic E-state index is 12.3. The molecule has 1 fully saturated rings. The van der Waals surface area contributed by atoms with E-state index >= 15 is 0 Å². The van der Waals surface area contributed by atoms with Gasteiger partial charge in [-0.3, -0.25) is 4.79 Å². The first kappa shape index (κ1) is 19.2. The number of nitrogens with one attached hydrogen (secondary N) is 1. The van der Waals surface area contributed by atoms with Gasteiger partial charge in [0.1, 0.15) is 0 Å². The number of carbonyl (C=O) groups is 1. The van der Waals surface area contributed by atoms with E-state index in [0.717, 1.165) is 25.7 Å². The molecule has 0 unspecified atom stereocenters. The minimum atomic E-state index is -2.91. The van der Waals surface area contributed by atoms with E-state index in [9.17, 15) is 13.6 Å². The average Bonchev–Trinajstić information content (AvgIpc) is 2.55. The lowest BCUT2D eigenvalue weighted by Crippen LogP contribution is -2.34. The Morgan fingerprint density at radius 3 is 2.48 bits per heavy atom. The van der Waals surface area contributed by atoms with Crippen molar-refractivity contribution in [1.82, 2.24) is 5.32 Å². The monoisotopic (exact) mass is 353 g/mol. The number of alkyl halides is 2. The van der Waals surface area contributed by atoms with Gasteiger partial charge in [-0.05, 0) is 36.6 Å². The van der Waals surface area contributed by atoms with Gasteiger partial charge in [0, 0.05) is 12.1 Å². The summed E-state index contributed by atoms with van der Waals surface area (Å²) in [5.74, 6) is 0.0222. The maximum Gasteiger partial charge on any atom is 0.387 e. The fourth-order valence-electron chi connectivity index (χ4n) is 3.00. The number of halogens is 2. The van der Waals surface area contributed by atoms with Gasteiger partial charge in [0.05, 0.1) is 7.11 Å². The third-order valence-corrected chi connectivity index (χ3v) is 4.28. The molecule has 4 nitrogen and oxygen atoms in total. The largest absolute Gasteiger partial charge is 0.493 e. The SMILES string of the molecule is COc1cc(/C=C/C(=O)NC2CCCCCCC2)ccc1OC(F)F. The van der Waals surface area contributed by atoms with E-state index in [2.05, 4.69) is 10.1 Å². The molecule has 0 spiro atoms. The Morgan fingerprint density at radius 2 is 1.84 bits per heavy atom. The van der Waals surface area contributed by atoms with Gasteiger partial charge in [0.15, 0.2) is 11.5 Å². The summed E-state index contributed by atoms with van der Waals surface area (Å²) in [6.07, 6.45) is 11.2. The van der Waals surface area contributed by atoms with Crippen LogP contribution < -0.4 is 14.8 Å². The Bertz CT molecular complexity index is 582. The highest BCUT2D eigenvalue weighted by Crippen LogP contribution is 2.29. The molecular weight excluding hydrogens is 328 g/mol. The van der Waals surface area contributed by atoms with Crippen LogP contribution in [0, 0.1) is 0 Å². The van der Waals surface area contributed by atoms with Gasteiger partial charge < -0.3 is 14.8 Å². The van der Waals surface area contributed by atoms with E-state index in [4.69, 9.17) is 4.74 Å². The van der Waals surface area contributed by atoms with Crippen molar-refractivity contribution in [3.8, 4) is 11.5 Å². The first-order valence-corrected chi connectivity index (χ1v) is 8.70. The normalized spacial score (nSPS) is 16.5. The summed E-state index contributed by atoms with van der Waals surface area (Å²) < 4.78 is 34.1. The Hall–Kier alpha value is -2.11. The fraction of sp³-hybridized carbons (Fsp3) is 0.526. The summed E-state index contributed by atoms with van der Waals surface area (Å²) in [4.78, 5) is 12.1. The number of methoxy groups -OCH3 is 1. The molecule has 1 aromatic rings. The van der Waals surface area contributed by atoms with Crippen LogP contribution in [0.3, 0.4) is 0 Å². The zero-order chi connectivity index (χ0) is 18.1. The van der Waals surface area contributed by atoms with Crippen LogP contribution in [0.2, 0.25) is 0 Å². The molecule has 0 bridgehead atoms. The van der Waals surface area contributed by atoms with Crippen LogP contribution in [0.1, 0.15) is 50.5 Å². The van der Waals surface area contributed by atoms with E-state index in [1.54, 1.807) is 18.2 Å². The number of hydrogen-bond donors (Lipinski definition) is 1. The van der Waals surface area contributed by atoms with Crippen molar-refractivity contribution in [2.75, 3.05) is 7.11 Å². The van der Waals surface area contributed by atoms with Crippen LogP contribution in [-0.4, -0.2) is 25.7 Å². The van der Waals surface area contributed by atoms with Gasteiger partial charge in [-0.25, -0.2) is 0 Å². The van der Waals surface area contributed by atoms with E-state index in [-0.39, 0.29) is 23.4 Å². The van der Waals surface area contributed by atoms with Crippen LogP contribution in [0.25, 0.3) is 6.08 Å². The lowest BCUT2D eigenvalue weighted by molar-refractivity contribution is -0.117. The minimum absolute atomic E-state index is 0.0337. The van der Waals surface area contributed by atoms with Gasteiger partial charge in [-0.15, -0.1) is 0 Å². The molecule has 2 rings (SSSR count). The van der Waals surface area contributed by atoms with Gasteiger partial charge in [0.25, 0.3) is 0 Å². The highest BCUT2D eigenvalue weighted by atomic mass is 19.3. The van der Waals surface area contributed by atoms with Crippen LogP contribution in [0.15, 0.2) is 24.3 Å². The zero-order valence-electron chi connectivity index (χ0n) is 14.5. The molecule has 0 saturated heterocycles. The van der Waals surface area contributed by atoms with Crippen LogP contribution >= 0.6 is 0 Å². The molecule has 1 aromatic carbocycles. The van der Waals surface area contributed by atoms with Crippen LogP contribution in [0.5, 0.6) is 11.5 Å². The first-order valence-electron chi connectivity index (χ1n) is 8.70. The molecule has 1 N–H and O–H groups in total. The standard InChI is InChI=1S/C19H25F2NO3/c1-24-17-13-14(9-11-16(17)25-19(20)21)10-12-18(23)22-15-7-5-3-2-4-6-8-15/h9-13,15,19H,2-8H2,1H3,(H,22,23)/b12-10+. The van der Waals surface area contributed by atoms with Crippen molar-refractivity contribution in [1.29, 1.82) is 0 Å². The quantitative estimate of drug-likeness (QED) is 0.764. The van der Waals surface area contributed by atoms with Gasteiger partial charge in [0.2, 0.25) is 5.91 Å². The summed E-state index contributed by atoms with van der Waals surface area (Å²) in [6, 6.07) is 4.78. The molecule has 1 aliphatic carbocycles. The smallest absolute Gasteiger partial charge is 0.387 e. The number of benzene rings is 1. The highest BCUT2D eigenvalue weighted by molar-refractivity contribution is 5.92. The number of carbonyl (C=O) groups excluding carboxylic acids is 1. The van der Waals surface area contributed by atoms with Crippen molar-refractivity contribution >= 4 is 12.0 Å². The van der Waals surface area contributed by atoms with E-state index in [0.29, 0.717) is 5.56 Å². The average molecular weight is 353 g/mol. The van der Waals surface area contributed by atoms with Crippen molar-refractivity contribution in [2.45, 2.75) is 57.6 Å². The predicted molar refractivity (Wildman–Crippen MR) is 92.9 cm³/mol. The van der Waals surface area contributed by atoms with E-state index in [1.807, 2.05) is 0 Å². The van der Waals surface area contributed by atoms with E-state index in [1.165, 1.54) is 38.5 Å². The fourth-order valence-corrected chi connectivity index (χ4v) is 3.00. The minimum Gasteiger partial charge on any atom is -0.493 e. The van der Waals surface area contributed by atoms with Crippen LogP contribution in [-0.2, 0) is 4.79 Å². The second-order valence-electron chi connectivity index (χ2n) is 6.17. The summed E-state index contributed by atoms with van der Waals surface area (Å²) in [5, 5.41) is 3.04. The van der Waals surface area contributed by atoms with Gasteiger partial charge in [-0.2, -0.15) is 8.78 Å². The Morgan fingerprint density at radius 1 is 1.16 bits per heavy atom. The summed E-state index contributed by atoms with van der Waals surface area (Å²) in [7, 11) is 1.38. The number of ether oxygens (including phenoxy) is 2. The van der Waals surface area contributed by atoms with Crippen molar-refractivity contribution < 1.29 is 23.0 Å². The second kappa shape index (κ2) is 10.0. The van der Waals surface area contributed by atoms with Crippen molar-refractivity contribution in [3.63, 3.8) is 0 Å². The third kappa shape index (κ3) is 6.72. The summed E-state index contributed by atoms with van der Waals surface area (Å²) in [5.41, 5.74) is 0.672. The maximum atomic E-state index is 12.3. The van der Waals surface area contributed by atoms with E-state index < -0.39 is 6.61 Å². The molecule has 0 atom stereocenters. The molecule has 0 radical (unpaired) electrons. The second-order valence-corrected chi connectivity index (χ2v) is 6.17. The first-order chi connectivity index (χ1) is 12.1. The molecule has 138 valence electrons. The molecular formula is C19H25F2NO3. The lowest BCUT2D eigenvalue weighted by Gasteiger charge is -2.20. The molecule has 6 heteroatoms. The highest BCUT2D eigenvalue weighted by Gasteiger charge is 2.13. The Kier molecular flexibility index (Phi) is 7.70.